The SMILES string of the molecule is COc1cccc(-c2cnn3c(N)cc(C4CCC(C(O)O)NC4)nc23)c1. The van der Waals surface area contributed by atoms with Crippen LogP contribution >= 0.6 is 0 Å². The van der Waals surface area contributed by atoms with Gasteiger partial charge in [0.2, 0.25) is 0 Å². The van der Waals surface area contributed by atoms with Crippen molar-refractivity contribution in [1.29, 1.82) is 0 Å². The average Bonchev–Trinajstić information content (AvgIpc) is 3.12. The Kier molecular flexibility index (Phi) is 4.69. The molecule has 8 nitrogen and oxygen atoms in total. The Hall–Kier alpha value is -2.68. The summed E-state index contributed by atoms with van der Waals surface area (Å²) >= 11 is 0. The van der Waals surface area contributed by atoms with E-state index in [1.54, 1.807) is 17.8 Å². The summed E-state index contributed by atoms with van der Waals surface area (Å²) in [5, 5.41) is 26.2. The molecular weight excluding hydrogens is 346 g/mol. The van der Waals surface area contributed by atoms with E-state index in [1.165, 1.54) is 0 Å². The first kappa shape index (κ1) is 17.7. The zero-order valence-corrected chi connectivity index (χ0v) is 15.0. The molecule has 1 aliphatic rings. The fourth-order valence-electron chi connectivity index (χ4n) is 3.59. The van der Waals surface area contributed by atoms with Gasteiger partial charge in [0, 0.05) is 24.1 Å². The molecule has 2 aromatic heterocycles. The second-order valence-corrected chi connectivity index (χ2v) is 6.83. The molecule has 5 N–H and O–H groups in total. The average molecular weight is 369 g/mol. The quantitative estimate of drug-likeness (QED) is 0.509. The van der Waals surface area contributed by atoms with Gasteiger partial charge in [-0.2, -0.15) is 9.61 Å². The fraction of sp³-hybridized carbons (Fsp3) is 0.368. The van der Waals surface area contributed by atoms with Crippen LogP contribution in [0.15, 0.2) is 36.5 Å². The fourth-order valence-corrected chi connectivity index (χ4v) is 3.59. The molecule has 0 amide bonds. The number of nitrogens with zero attached hydrogens (tertiary/aromatic N) is 3. The molecule has 1 saturated heterocycles. The van der Waals surface area contributed by atoms with Crippen LogP contribution in [0.1, 0.15) is 24.5 Å². The summed E-state index contributed by atoms with van der Waals surface area (Å²) in [4.78, 5) is 4.84. The Labute approximate surface area is 156 Å². The maximum atomic E-state index is 9.33. The highest BCUT2D eigenvalue weighted by Crippen LogP contribution is 2.31. The predicted molar refractivity (Wildman–Crippen MR) is 101 cm³/mol. The van der Waals surface area contributed by atoms with Crippen LogP contribution in [0, 0.1) is 0 Å². The molecule has 0 aliphatic carbocycles. The molecule has 2 atom stereocenters. The number of piperidine rings is 1. The van der Waals surface area contributed by atoms with Crippen molar-refractivity contribution in [3.8, 4) is 16.9 Å². The van der Waals surface area contributed by atoms with E-state index in [1.807, 2.05) is 30.3 Å². The molecule has 142 valence electrons. The van der Waals surface area contributed by atoms with Crippen molar-refractivity contribution in [1.82, 2.24) is 19.9 Å². The number of rotatable bonds is 4. The number of nitrogens with one attached hydrogen (secondary N) is 1. The van der Waals surface area contributed by atoms with E-state index in [2.05, 4.69) is 10.4 Å². The molecule has 2 unspecified atom stereocenters. The zero-order valence-electron chi connectivity index (χ0n) is 15.0. The number of aliphatic hydroxyl groups excluding tert-OH is 1. The lowest BCUT2D eigenvalue weighted by Gasteiger charge is -2.30. The smallest absolute Gasteiger partial charge is 0.167 e. The number of anilines is 1. The standard InChI is InChI=1S/C19H23N5O3/c1-27-13-4-2-3-11(7-13)14-10-22-24-17(20)8-16(23-18(14)24)12-5-6-15(19(25)26)21-9-12/h2-4,7-8,10,12,15,19,21,25-26H,5-6,9,20H2,1H3. The van der Waals surface area contributed by atoms with Gasteiger partial charge in [-0.3, -0.25) is 0 Å². The summed E-state index contributed by atoms with van der Waals surface area (Å²) in [6, 6.07) is 9.29. The Bertz CT molecular complexity index is 948. The molecule has 3 aromatic rings. The summed E-state index contributed by atoms with van der Waals surface area (Å²) in [7, 11) is 1.64. The van der Waals surface area contributed by atoms with Gasteiger partial charge in [-0.1, -0.05) is 12.1 Å². The number of nitrogens with two attached hydrogens (primary N) is 1. The molecular formula is C19H23N5O3. The highest BCUT2D eigenvalue weighted by Gasteiger charge is 2.27. The molecule has 1 aromatic carbocycles. The summed E-state index contributed by atoms with van der Waals surface area (Å²) < 4.78 is 6.95. The first-order chi connectivity index (χ1) is 13.1. The lowest BCUT2D eigenvalue weighted by atomic mass is 9.91. The molecule has 8 heteroatoms. The number of aliphatic hydroxyl groups is 2. The first-order valence-electron chi connectivity index (χ1n) is 8.95. The summed E-state index contributed by atoms with van der Waals surface area (Å²) in [6.45, 7) is 0.619. The second-order valence-electron chi connectivity index (χ2n) is 6.83. The van der Waals surface area contributed by atoms with Crippen LogP contribution in [0.4, 0.5) is 5.82 Å². The number of benzene rings is 1. The van der Waals surface area contributed by atoms with Crippen LogP contribution < -0.4 is 15.8 Å². The number of hydrogen-bond acceptors (Lipinski definition) is 7. The topological polar surface area (TPSA) is 118 Å². The molecule has 0 saturated carbocycles. The molecule has 4 rings (SSSR count). The maximum Gasteiger partial charge on any atom is 0.167 e. The van der Waals surface area contributed by atoms with E-state index in [-0.39, 0.29) is 12.0 Å². The van der Waals surface area contributed by atoms with Crippen LogP contribution in [0.5, 0.6) is 5.75 Å². The van der Waals surface area contributed by atoms with E-state index >= 15 is 0 Å². The van der Waals surface area contributed by atoms with Crippen LogP contribution in [-0.4, -0.2) is 50.8 Å². The van der Waals surface area contributed by atoms with Crippen LogP contribution in [0.2, 0.25) is 0 Å². The van der Waals surface area contributed by atoms with Crippen molar-refractivity contribution >= 4 is 11.5 Å². The van der Waals surface area contributed by atoms with Crippen molar-refractivity contribution in [2.45, 2.75) is 31.1 Å². The van der Waals surface area contributed by atoms with E-state index in [0.29, 0.717) is 24.4 Å². The van der Waals surface area contributed by atoms with E-state index in [0.717, 1.165) is 29.0 Å². The van der Waals surface area contributed by atoms with Gasteiger partial charge in [0.1, 0.15) is 11.6 Å². The molecule has 1 fully saturated rings. The minimum absolute atomic E-state index is 0.153. The molecule has 1 aliphatic heterocycles. The van der Waals surface area contributed by atoms with Crippen molar-refractivity contribution in [2.75, 3.05) is 19.4 Å². The predicted octanol–water partition coefficient (Wildman–Crippen LogP) is 1.13. The van der Waals surface area contributed by atoms with Gasteiger partial charge in [-0.15, -0.1) is 0 Å². The van der Waals surface area contributed by atoms with Gasteiger partial charge >= 0.3 is 0 Å². The van der Waals surface area contributed by atoms with Gasteiger partial charge in [0.25, 0.3) is 0 Å². The van der Waals surface area contributed by atoms with E-state index in [9.17, 15) is 10.2 Å². The molecule has 3 heterocycles. The highest BCUT2D eigenvalue weighted by molar-refractivity contribution is 5.78. The Morgan fingerprint density at radius 1 is 1.30 bits per heavy atom. The number of fused-ring (bicyclic) bond motifs is 1. The third-order valence-corrected chi connectivity index (χ3v) is 5.13. The summed E-state index contributed by atoms with van der Waals surface area (Å²) in [6.07, 6.45) is 1.88. The van der Waals surface area contributed by atoms with Gasteiger partial charge < -0.3 is 26.0 Å². The largest absolute Gasteiger partial charge is 0.497 e. The third-order valence-electron chi connectivity index (χ3n) is 5.13. The Morgan fingerprint density at radius 3 is 2.85 bits per heavy atom. The van der Waals surface area contributed by atoms with Crippen molar-refractivity contribution in [3.63, 3.8) is 0 Å². The Morgan fingerprint density at radius 2 is 2.15 bits per heavy atom. The maximum absolute atomic E-state index is 9.33. The van der Waals surface area contributed by atoms with Crippen LogP contribution in [0.25, 0.3) is 16.8 Å². The van der Waals surface area contributed by atoms with Crippen molar-refractivity contribution in [2.24, 2.45) is 0 Å². The van der Waals surface area contributed by atoms with Crippen LogP contribution in [0.3, 0.4) is 0 Å². The number of methoxy groups -OCH3 is 1. The van der Waals surface area contributed by atoms with Gasteiger partial charge in [0.15, 0.2) is 11.9 Å². The molecule has 0 spiro atoms. The van der Waals surface area contributed by atoms with Crippen LogP contribution in [-0.2, 0) is 0 Å². The van der Waals surface area contributed by atoms with Gasteiger partial charge in [-0.05, 0) is 30.5 Å². The monoisotopic (exact) mass is 369 g/mol. The zero-order chi connectivity index (χ0) is 19.0. The molecule has 0 bridgehead atoms. The lowest BCUT2D eigenvalue weighted by molar-refractivity contribution is -0.0732. The number of hydrogen-bond donors (Lipinski definition) is 4. The summed E-state index contributed by atoms with van der Waals surface area (Å²) in [5.74, 6) is 1.44. The van der Waals surface area contributed by atoms with E-state index in [4.69, 9.17) is 15.5 Å². The van der Waals surface area contributed by atoms with Crippen molar-refractivity contribution in [3.05, 3.63) is 42.2 Å². The second kappa shape index (κ2) is 7.15. The van der Waals surface area contributed by atoms with Gasteiger partial charge in [0.05, 0.1) is 25.0 Å². The minimum Gasteiger partial charge on any atom is -0.497 e. The van der Waals surface area contributed by atoms with Gasteiger partial charge in [-0.25, -0.2) is 4.98 Å². The molecule has 0 radical (unpaired) electrons. The minimum atomic E-state index is -1.35. The highest BCUT2D eigenvalue weighted by atomic mass is 16.5. The third kappa shape index (κ3) is 3.34. The Balaban J connectivity index is 1.70. The van der Waals surface area contributed by atoms with Crippen molar-refractivity contribution < 1.29 is 14.9 Å². The normalized spacial score (nSPS) is 20.3. The number of aromatic nitrogens is 3. The number of nitrogen functional groups attached to an aromatic ring is 1. The molecule has 27 heavy (non-hydrogen) atoms. The lowest BCUT2D eigenvalue weighted by Crippen LogP contribution is -2.45. The van der Waals surface area contributed by atoms with E-state index < -0.39 is 6.29 Å². The first-order valence-corrected chi connectivity index (χ1v) is 8.95. The summed E-state index contributed by atoms with van der Waals surface area (Å²) in [5.41, 5.74) is 9.64. The number of ether oxygens (including phenoxy) is 1.